The zero-order valence-electron chi connectivity index (χ0n) is 4.86. The Morgan fingerprint density at radius 3 is 2.00 bits per heavy atom. The van der Waals surface area contributed by atoms with Crippen molar-refractivity contribution in [3.63, 3.8) is 0 Å². The van der Waals surface area contributed by atoms with E-state index < -0.39 is 24.6 Å². The fourth-order valence-electron chi connectivity index (χ4n) is 0.322. The van der Waals surface area contributed by atoms with Crippen molar-refractivity contribution in [3.05, 3.63) is 12.3 Å². The maximum atomic E-state index is 8.64. The summed E-state index contributed by atoms with van der Waals surface area (Å²) >= 11 is 0. The second-order valence-corrected chi connectivity index (χ2v) is 1.69. The van der Waals surface area contributed by atoms with Gasteiger partial charge in [0.15, 0.2) is 0 Å². The lowest BCUT2D eigenvalue weighted by Gasteiger charge is -2.12. The van der Waals surface area contributed by atoms with Crippen molar-refractivity contribution in [2.45, 2.75) is 12.2 Å². The van der Waals surface area contributed by atoms with E-state index in [1.54, 1.807) is 0 Å². The van der Waals surface area contributed by atoms with Crippen LogP contribution in [0.15, 0.2) is 12.3 Å². The van der Waals surface area contributed by atoms with Gasteiger partial charge < -0.3 is 20.4 Å². The first kappa shape index (κ1) is 8.42. The van der Waals surface area contributed by atoms with Gasteiger partial charge in [0, 0.05) is 0 Å². The van der Waals surface area contributed by atoms with Crippen molar-refractivity contribution in [1.82, 2.24) is 0 Å². The van der Waals surface area contributed by atoms with Crippen molar-refractivity contribution in [2.24, 2.45) is 0 Å². The summed E-state index contributed by atoms with van der Waals surface area (Å²) in [5.41, 5.74) is 0. The molecular weight excluding hydrogens is 124 g/mol. The molecule has 0 aromatic heterocycles. The maximum absolute atomic E-state index is 8.64. The lowest BCUT2D eigenvalue weighted by Crippen LogP contribution is -2.30. The van der Waals surface area contributed by atoms with E-state index >= 15 is 0 Å². The first-order valence-electron chi connectivity index (χ1n) is 2.44. The molecule has 0 fully saturated rings. The van der Waals surface area contributed by atoms with Crippen molar-refractivity contribution >= 4 is 0 Å². The molecule has 0 bridgehead atoms. The molecule has 0 heterocycles. The van der Waals surface area contributed by atoms with Crippen molar-refractivity contribution in [1.29, 1.82) is 0 Å². The molecule has 0 unspecified atom stereocenters. The number of aliphatic hydroxyl groups is 4. The normalized spacial score (nSPS) is 16.8. The number of hydrogen-bond acceptors (Lipinski definition) is 4. The molecule has 0 aliphatic carbocycles. The van der Waals surface area contributed by atoms with Gasteiger partial charge in [-0.15, -0.1) is 0 Å². The molecule has 0 saturated heterocycles. The largest absolute Gasteiger partial charge is 0.510 e. The minimum atomic E-state index is -1.45. The summed E-state index contributed by atoms with van der Waals surface area (Å²) in [7, 11) is 0. The molecular formula is C5H10O4. The van der Waals surface area contributed by atoms with Gasteiger partial charge in [0.1, 0.15) is 18.0 Å². The standard InChI is InChI=1S/C5H10O4/c1-3(7)5(9)4(8)2-6/h4-9H,1-2H2/t4-,5-/m1/s1. The van der Waals surface area contributed by atoms with E-state index in [1.165, 1.54) is 0 Å². The van der Waals surface area contributed by atoms with Crippen LogP contribution in [0.5, 0.6) is 0 Å². The lowest BCUT2D eigenvalue weighted by molar-refractivity contribution is -0.0129. The Labute approximate surface area is 52.7 Å². The fourth-order valence-corrected chi connectivity index (χ4v) is 0.322. The van der Waals surface area contributed by atoms with E-state index in [0.717, 1.165) is 0 Å². The molecule has 0 spiro atoms. The fraction of sp³-hybridized carbons (Fsp3) is 0.600. The first-order chi connectivity index (χ1) is 4.09. The lowest BCUT2D eigenvalue weighted by atomic mass is 10.2. The van der Waals surface area contributed by atoms with E-state index in [0.29, 0.717) is 0 Å². The van der Waals surface area contributed by atoms with Gasteiger partial charge in [0.05, 0.1) is 6.61 Å². The van der Waals surface area contributed by atoms with Crippen LogP contribution in [-0.4, -0.2) is 39.2 Å². The molecule has 0 saturated carbocycles. The molecule has 0 aliphatic heterocycles. The highest BCUT2D eigenvalue weighted by atomic mass is 16.4. The molecule has 4 heteroatoms. The van der Waals surface area contributed by atoms with E-state index in [9.17, 15) is 0 Å². The summed E-state index contributed by atoms with van der Waals surface area (Å²) in [6, 6.07) is 0. The molecule has 0 aromatic carbocycles. The third kappa shape index (κ3) is 2.46. The Hall–Kier alpha value is -0.580. The van der Waals surface area contributed by atoms with Gasteiger partial charge in [-0.1, -0.05) is 6.58 Å². The third-order valence-electron chi connectivity index (χ3n) is 0.893. The molecule has 0 aliphatic rings. The summed E-state index contributed by atoms with van der Waals surface area (Å²) in [5, 5.41) is 33.8. The second kappa shape index (κ2) is 3.45. The van der Waals surface area contributed by atoms with E-state index in [4.69, 9.17) is 20.4 Å². The van der Waals surface area contributed by atoms with Crippen LogP contribution in [0.3, 0.4) is 0 Å². The Morgan fingerprint density at radius 1 is 1.44 bits per heavy atom. The zero-order chi connectivity index (χ0) is 7.44. The van der Waals surface area contributed by atoms with Gasteiger partial charge in [-0.05, 0) is 0 Å². The molecule has 2 atom stereocenters. The van der Waals surface area contributed by atoms with E-state index in [-0.39, 0.29) is 0 Å². The van der Waals surface area contributed by atoms with Crippen molar-refractivity contribution in [2.75, 3.05) is 6.61 Å². The highest BCUT2D eigenvalue weighted by molar-refractivity contribution is 4.92. The molecule has 4 N–H and O–H groups in total. The minimum absolute atomic E-state index is 0.545. The average molecular weight is 134 g/mol. The highest BCUT2D eigenvalue weighted by Crippen LogP contribution is 1.99. The summed E-state index contributed by atoms with van der Waals surface area (Å²) < 4.78 is 0. The van der Waals surface area contributed by atoms with Gasteiger partial charge in [-0.3, -0.25) is 0 Å². The number of aliphatic hydroxyl groups excluding tert-OH is 4. The van der Waals surface area contributed by atoms with E-state index in [1.807, 2.05) is 0 Å². The van der Waals surface area contributed by atoms with Crippen LogP contribution in [-0.2, 0) is 0 Å². The maximum Gasteiger partial charge on any atom is 0.138 e. The smallest absolute Gasteiger partial charge is 0.138 e. The van der Waals surface area contributed by atoms with Crippen molar-refractivity contribution < 1.29 is 20.4 Å². The van der Waals surface area contributed by atoms with Gasteiger partial charge in [0.2, 0.25) is 0 Å². The SMILES string of the molecule is C=C(O)[C@@H](O)[C@H](O)CO. The highest BCUT2D eigenvalue weighted by Gasteiger charge is 2.16. The Bertz CT molecular complexity index is 101. The van der Waals surface area contributed by atoms with Crippen LogP contribution in [0.2, 0.25) is 0 Å². The van der Waals surface area contributed by atoms with Crippen LogP contribution in [0, 0.1) is 0 Å². The van der Waals surface area contributed by atoms with Crippen LogP contribution < -0.4 is 0 Å². The topological polar surface area (TPSA) is 80.9 Å². The summed E-state index contributed by atoms with van der Waals surface area (Å²) in [5.74, 6) is -0.545. The summed E-state index contributed by atoms with van der Waals surface area (Å²) in [4.78, 5) is 0. The minimum Gasteiger partial charge on any atom is -0.510 e. The van der Waals surface area contributed by atoms with Crippen LogP contribution in [0.4, 0.5) is 0 Å². The predicted octanol–water partition coefficient (Wildman–Crippen LogP) is -1.23. The van der Waals surface area contributed by atoms with Gasteiger partial charge in [-0.25, -0.2) is 0 Å². The molecule has 4 nitrogen and oxygen atoms in total. The average Bonchev–Trinajstić information content (AvgIpc) is 1.84. The van der Waals surface area contributed by atoms with Gasteiger partial charge in [0.25, 0.3) is 0 Å². The first-order valence-corrected chi connectivity index (χ1v) is 2.44. The van der Waals surface area contributed by atoms with Crippen LogP contribution >= 0.6 is 0 Å². The second-order valence-electron chi connectivity index (χ2n) is 1.69. The summed E-state index contributed by atoms with van der Waals surface area (Å²) in [6.45, 7) is 2.36. The van der Waals surface area contributed by atoms with Crippen LogP contribution in [0.25, 0.3) is 0 Å². The zero-order valence-corrected chi connectivity index (χ0v) is 4.86. The monoisotopic (exact) mass is 134 g/mol. The van der Waals surface area contributed by atoms with E-state index in [2.05, 4.69) is 6.58 Å². The number of hydrogen-bond donors (Lipinski definition) is 4. The Kier molecular flexibility index (Phi) is 3.22. The molecule has 9 heavy (non-hydrogen) atoms. The molecule has 0 amide bonds. The quantitative estimate of drug-likeness (QED) is 0.364. The molecule has 54 valence electrons. The van der Waals surface area contributed by atoms with Crippen LogP contribution in [0.1, 0.15) is 0 Å². The van der Waals surface area contributed by atoms with Crippen molar-refractivity contribution in [3.8, 4) is 0 Å². The molecule has 0 radical (unpaired) electrons. The molecule has 0 aromatic rings. The Morgan fingerprint density at radius 2 is 1.89 bits per heavy atom. The Balaban J connectivity index is 3.72. The van der Waals surface area contributed by atoms with Gasteiger partial charge in [-0.2, -0.15) is 0 Å². The third-order valence-corrected chi connectivity index (χ3v) is 0.893. The van der Waals surface area contributed by atoms with Gasteiger partial charge >= 0.3 is 0 Å². The summed E-state index contributed by atoms with van der Waals surface area (Å²) in [6.07, 6.45) is -2.79. The predicted molar refractivity (Wildman–Crippen MR) is 30.9 cm³/mol. The molecule has 0 rings (SSSR count). The number of rotatable bonds is 3.